The third-order valence-electron chi connectivity index (χ3n) is 7.44. The van der Waals surface area contributed by atoms with Crippen LogP contribution in [0.3, 0.4) is 0 Å². The Hall–Kier alpha value is -3.64. The second-order valence-electron chi connectivity index (χ2n) is 9.79. The number of rotatable bonds is 8. The molecule has 1 amide bonds. The van der Waals surface area contributed by atoms with Crippen LogP contribution in [-0.2, 0) is 17.6 Å². The van der Waals surface area contributed by atoms with Crippen LogP contribution in [0.15, 0.2) is 60.9 Å². The van der Waals surface area contributed by atoms with Crippen LogP contribution in [0.5, 0.6) is 11.5 Å². The topological polar surface area (TPSA) is 80.7 Å². The van der Waals surface area contributed by atoms with Crippen LogP contribution in [-0.4, -0.2) is 35.3 Å². The van der Waals surface area contributed by atoms with Gasteiger partial charge in [0.05, 0.1) is 25.4 Å². The van der Waals surface area contributed by atoms with E-state index >= 15 is 0 Å². The average Bonchev–Trinajstić information content (AvgIpc) is 3.55. The van der Waals surface area contributed by atoms with Crippen molar-refractivity contribution in [2.45, 2.75) is 63.7 Å². The number of hydrogen-bond acceptors (Lipinski definition) is 5. The Morgan fingerprint density at radius 2 is 1.89 bits per heavy atom. The summed E-state index contributed by atoms with van der Waals surface area (Å²) >= 11 is 0. The number of aliphatic hydroxyl groups is 1. The molecule has 2 aromatic carbocycles. The van der Waals surface area contributed by atoms with E-state index in [2.05, 4.69) is 23.3 Å². The molecule has 1 fully saturated rings. The molecule has 1 heterocycles. The normalized spacial score (nSPS) is 19.5. The highest BCUT2D eigenvalue weighted by Crippen LogP contribution is 2.36. The fourth-order valence-corrected chi connectivity index (χ4v) is 5.49. The van der Waals surface area contributed by atoms with Gasteiger partial charge in [0.25, 0.3) is 5.91 Å². The molecule has 5 rings (SSSR count). The first-order valence-electron chi connectivity index (χ1n) is 13.1. The third kappa shape index (κ3) is 5.39. The van der Waals surface area contributed by atoms with Crippen molar-refractivity contribution in [2.75, 3.05) is 7.11 Å². The first-order valence-corrected chi connectivity index (χ1v) is 13.1. The molecule has 0 bridgehead atoms. The Balaban J connectivity index is 1.47. The largest absolute Gasteiger partial charge is 0.493 e. The predicted molar refractivity (Wildman–Crippen MR) is 144 cm³/mol. The number of hydrogen-bond donors (Lipinski definition) is 2. The van der Waals surface area contributed by atoms with Gasteiger partial charge in [-0.15, -0.1) is 0 Å². The number of aliphatic hydroxyl groups excluding tert-OH is 1. The Morgan fingerprint density at radius 1 is 1.11 bits per heavy atom. The van der Waals surface area contributed by atoms with E-state index in [4.69, 9.17) is 9.47 Å². The van der Waals surface area contributed by atoms with Crippen molar-refractivity contribution < 1.29 is 19.4 Å². The van der Waals surface area contributed by atoms with Crippen molar-refractivity contribution in [2.24, 2.45) is 0 Å². The molecule has 0 spiro atoms. The molecule has 2 aliphatic carbocycles. The highest BCUT2D eigenvalue weighted by atomic mass is 16.5. The number of aryl methyl sites for hydroxylation is 1. The van der Waals surface area contributed by atoms with Crippen LogP contribution in [0.25, 0.3) is 11.6 Å². The van der Waals surface area contributed by atoms with Gasteiger partial charge in [-0.25, -0.2) is 0 Å². The molecular formula is C31H34N2O4. The molecule has 37 heavy (non-hydrogen) atoms. The number of carbonyl (C=O) groups excluding carboxylic acids is 1. The van der Waals surface area contributed by atoms with Gasteiger partial charge in [0, 0.05) is 24.4 Å². The lowest BCUT2D eigenvalue weighted by Gasteiger charge is -2.20. The van der Waals surface area contributed by atoms with Gasteiger partial charge in [-0.05, 0) is 90.3 Å². The molecule has 192 valence electrons. The summed E-state index contributed by atoms with van der Waals surface area (Å²) in [7, 11) is 1.64. The lowest BCUT2D eigenvalue weighted by Crippen LogP contribution is -2.34. The minimum absolute atomic E-state index is 0.188. The van der Waals surface area contributed by atoms with E-state index in [9.17, 15) is 9.90 Å². The smallest absolute Gasteiger partial charge is 0.252 e. The molecule has 2 atom stereocenters. The fraction of sp³-hybridized carbons (Fsp3) is 0.355. The molecular weight excluding hydrogens is 464 g/mol. The van der Waals surface area contributed by atoms with Gasteiger partial charge in [-0.3, -0.25) is 9.78 Å². The molecule has 1 aromatic heterocycles. The molecule has 0 aliphatic heterocycles. The van der Waals surface area contributed by atoms with Gasteiger partial charge in [-0.1, -0.05) is 31.2 Å². The number of methoxy groups -OCH3 is 1. The highest BCUT2D eigenvalue weighted by molar-refractivity contribution is 6.24. The summed E-state index contributed by atoms with van der Waals surface area (Å²) < 4.78 is 11.8. The van der Waals surface area contributed by atoms with Crippen LogP contribution in [0.2, 0.25) is 0 Å². The van der Waals surface area contributed by atoms with Gasteiger partial charge < -0.3 is 19.9 Å². The van der Waals surface area contributed by atoms with E-state index in [1.54, 1.807) is 19.5 Å². The van der Waals surface area contributed by atoms with Crippen molar-refractivity contribution in [1.29, 1.82) is 0 Å². The van der Waals surface area contributed by atoms with Crippen LogP contribution >= 0.6 is 0 Å². The van der Waals surface area contributed by atoms with Crippen molar-refractivity contribution in [3.05, 3.63) is 88.7 Å². The maximum atomic E-state index is 13.7. The Labute approximate surface area is 218 Å². The number of amides is 1. The summed E-state index contributed by atoms with van der Waals surface area (Å²) in [5.74, 6) is 1.11. The van der Waals surface area contributed by atoms with Crippen molar-refractivity contribution >= 4 is 17.6 Å². The fourth-order valence-electron chi connectivity index (χ4n) is 5.49. The number of nitrogens with zero attached hydrogens (tertiary/aromatic N) is 1. The van der Waals surface area contributed by atoms with Crippen LogP contribution in [0.4, 0.5) is 0 Å². The number of aromatic nitrogens is 1. The molecule has 2 N–H and O–H groups in total. The SMILES string of the molecule is CCc1cccc2c1C[C@@H](O)[C@H]2NC(=O)/C(=C/c1ccc(OC)c(OC2CCCC2)c1)c1ccncc1. The van der Waals surface area contributed by atoms with E-state index < -0.39 is 12.1 Å². The second kappa shape index (κ2) is 11.2. The molecule has 1 saturated carbocycles. The molecule has 6 nitrogen and oxygen atoms in total. The van der Waals surface area contributed by atoms with Gasteiger partial charge in [-0.2, -0.15) is 0 Å². The minimum Gasteiger partial charge on any atom is -0.493 e. The zero-order chi connectivity index (χ0) is 25.8. The second-order valence-corrected chi connectivity index (χ2v) is 9.79. The Morgan fingerprint density at radius 3 is 2.62 bits per heavy atom. The zero-order valence-corrected chi connectivity index (χ0v) is 21.4. The molecule has 6 heteroatoms. The number of nitrogens with one attached hydrogen (secondary N) is 1. The first kappa shape index (κ1) is 25.0. The van der Waals surface area contributed by atoms with Gasteiger partial charge >= 0.3 is 0 Å². The molecule has 2 aliphatic rings. The molecule has 3 aromatic rings. The lowest BCUT2D eigenvalue weighted by atomic mass is 9.99. The summed E-state index contributed by atoms with van der Waals surface area (Å²) in [6, 6.07) is 15.0. The average molecular weight is 499 g/mol. The number of ether oxygens (including phenoxy) is 2. The minimum atomic E-state index is -0.669. The standard InChI is InChI=1S/C31H34N2O4/c1-3-21-7-6-10-24-25(21)19-27(34)30(24)33-31(35)26(22-13-15-32-16-14-22)17-20-11-12-28(36-2)29(18-20)37-23-8-4-5-9-23/h6-7,10-18,23,27,30,34H,3-5,8-9,19H2,1-2H3,(H,33,35)/b26-17+/t27-,30+/m1/s1. The summed E-state index contributed by atoms with van der Waals surface area (Å²) in [5, 5.41) is 14.0. The van der Waals surface area contributed by atoms with Crippen LogP contribution in [0.1, 0.15) is 66.5 Å². The third-order valence-corrected chi connectivity index (χ3v) is 7.44. The zero-order valence-electron chi connectivity index (χ0n) is 21.4. The van der Waals surface area contributed by atoms with E-state index in [0.717, 1.165) is 41.5 Å². The molecule has 0 radical (unpaired) electrons. The van der Waals surface area contributed by atoms with Crippen molar-refractivity contribution in [3.63, 3.8) is 0 Å². The molecule has 0 saturated heterocycles. The number of pyridine rings is 1. The van der Waals surface area contributed by atoms with E-state index in [-0.39, 0.29) is 12.0 Å². The number of carbonyl (C=O) groups is 1. The monoisotopic (exact) mass is 498 g/mol. The Bertz CT molecular complexity index is 1280. The number of fused-ring (bicyclic) bond motifs is 1. The Kier molecular flexibility index (Phi) is 7.56. The van der Waals surface area contributed by atoms with E-state index in [1.807, 2.05) is 48.5 Å². The van der Waals surface area contributed by atoms with E-state index in [1.165, 1.54) is 18.4 Å². The summed E-state index contributed by atoms with van der Waals surface area (Å²) in [6.45, 7) is 2.11. The maximum Gasteiger partial charge on any atom is 0.252 e. The summed E-state index contributed by atoms with van der Waals surface area (Å²) in [4.78, 5) is 17.9. The van der Waals surface area contributed by atoms with Crippen LogP contribution in [0, 0.1) is 0 Å². The van der Waals surface area contributed by atoms with Gasteiger partial charge in [0.2, 0.25) is 0 Å². The van der Waals surface area contributed by atoms with Gasteiger partial charge in [0.15, 0.2) is 11.5 Å². The summed E-state index contributed by atoms with van der Waals surface area (Å²) in [5.41, 5.74) is 5.41. The first-order chi connectivity index (χ1) is 18.1. The quantitative estimate of drug-likeness (QED) is 0.413. The predicted octanol–water partition coefficient (Wildman–Crippen LogP) is 5.29. The molecule has 0 unspecified atom stereocenters. The lowest BCUT2D eigenvalue weighted by molar-refractivity contribution is -0.117. The van der Waals surface area contributed by atoms with E-state index in [0.29, 0.717) is 23.5 Å². The van der Waals surface area contributed by atoms with Gasteiger partial charge in [0.1, 0.15) is 0 Å². The number of benzene rings is 2. The summed E-state index contributed by atoms with van der Waals surface area (Å²) in [6.07, 6.45) is 10.6. The van der Waals surface area contributed by atoms with Crippen LogP contribution < -0.4 is 14.8 Å². The highest BCUT2D eigenvalue weighted by Gasteiger charge is 2.34. The van der Waals surface area contributed by atoms with Crippen molar-refractivity contribution in [1.82, 2.24) is 10.3 Å². The maximum absolute atomic E-state index is 13.7. The van der Waals surface area contributed by atoms with Crippen molar-refractivity contribution in [3.8, 4) is 11.5 Å².